The highest BCUT2D eigenvalue weighted by Gasteiger charge is 2.22. The highest BCUT2D eigenvalue weighted by atomic mass is 35.5. The van der Waals surface area contributed by atoms with Gasteiger partial charge in [-0.1, -0.05) is 31.2 Å². The number of sulfonamides is 1. The van der Waals surface area contributed by atoms with Gasteiger partial charge in [-0.3, -0.25) is 9.10 Å². The van der Waals surface area contributed by atoms with Crippen LogP contribution in [0.25, 0.3) is 0 Å². The van der Waals surface area contributed by atoms with E-state index in [-0.39, 0.29) is 29.3 Å². The number of nitrogens with zero attached hydrogens (tertiary/aromatic N) is 1. The topological polar surface area (TPSA) is 78.5 Å². The van der Waals surface area contributed by atoms with Crippen LogP contribution in [0.15, 0.2) is 59.5 Å². The zero-order valence-electron chi connectivity index (χ0n) is 15.7. The van der Waals surface area contributed by atoms with Gasteiger partial charge in [-0.05, 0) is 43.8 Å². The molecule has 8 heteroatoms. The molecule has 1 atom stereocenters. The Balaban J connectivity index is 0.00000364. The molecule has 0 aliphatic rings. The van der Waals surface area contributed by atoms with Crippen molar-refractivity contribution >= 4 is 34.0 Å². The van der Waals surface area contributed by atoms with Crippen LogP contribution < -0.4 is 14.9 Å². The van der Waals surface area contributed by atoms with Crippen LogP contribution >= 0.6 is 12.4 Å². The summed E-state index contributed by atoms with van der Waals surface area (Å²) in [6.45, 7) is 5.25. The zero-order chi connectivity index (χ0) is 19.2. The lowest BCUT2D eigenvalue weighted by molar-refractivity contribution is 0.0950. The third-order valence-corrected chi connectivity index (χ3v) is 5.78. The lowest BCUT2D eigenvalue weighted by atomic mass is 10.2. The molecule has 6 nitrogen and oxygen atoms in total. The van der Waals surface area contributed by atoms with Gasteiger partial charge < -0.3 is 10.6 Å². The summed E-state index contributed by atoms with van der Waals surface area (Å²) in [5, 5.41) is 6.02. The molecule has 2 aromatic carbocycles. The molecule has 0 bridgehead atoms. The van der Waals surface area contributed by atoms with Gasteiger partial charge in [-0.2, -0.15) is 0 Å². The van der Waals surface area contributed by atoms with Gasteiger partial charge in [0.1, 0.15) is 0 Å². The molecule has 0 radical (unpaired) electrons. The van der Waals surface area contributed by atoms with Crippen LogP contribution in [0.3, 0.4) is 0 Å². The van der Waals surface area contributed by atoms with Crippen molar-refractivity contribution in [1.29, 1.82) is 0 Å². The summed E-state index contributed by atoms with van der Waals surface area (Å²) in [6, 6.07) is 15.0. The van der Waals surface area contributed by atoms with Gasteiger partial charge in [0.15, 0.2) is 0 Å². The number of rotatable bonds is 8. The Morgan fingerprint density at radius 2 is 1.78 bits per heavy atom. The molecule has 0 fully saturated rings. The molecule has 0 aliphatic carbocycles. The lowest BCUT2D eigenvalue weighted by Crippen LogP contribution is -2.38. The van der Waals surface area contributed by atoms with Gasteiger partial charge in [-0.15, -0.1) is 12.4 Å². The monoisotopic (exact) mass is 411 g/mol. The van der Waals surface area contributed by atoms with E-state index >= 15 is 0 Å². The van der Waals surface area contributed by atoms with E-state index in [1.54, 1.807) is 36.4 Å². The summed E-state index contributed by atoms with van der Waals surface area (Å²) < 4.78 is 26.9. The average Bonchev–Trinajstić information content (AvgIpc) is 2.66. The number of hydrogen-bond donors (Lipinski definition) is 2. The molecule has 148 valence electrons. The number of likely N-dealkylation sites (N-methyl/N-ethyl adjacent to an activating group) is 1. The number of anilines is 1. The van der Waals surface area contributed by atoms with Crippen LogP contribution in [-0.4, -0.2) is 40.5 Å². The largest absolute Gasteiger partial charge is 0.350 e. The van der Waals surface area contributed by atoms with Gasteiger partial charge in [0.2, 0.25) is 0 Å². The molecule has 27 heavy (non-hydrogen) atoms. The van der Waals surface area contributed by atoms with Gasteiger partial charge in [0.25, 0.3) is 15.9 Å². The van der Waals surface area contributed by atoms with E-state index in [9.17, 15) is 13.2 Å². The van der Waals surface area contributed by atoms with Crippen molar-refractivity contribution in [2.24, 2.45) is 0 Å². The van der Waals surface area contributed by atoms with Crippen molar-refractivity contribution in [2.45, 2.75) is 24.8 Å². The molecular formula is C19H26ClN3O3S. The summed E-state index contributed by atoms with van der Waals surface area (Å²) >= 11 is 0. The van der Waals surface area contributed by atoms with Crippen LogP contribution in [0.4, 0.5) is 5.69 Å². The first-order chi connectivity index (χ1) is 12.4. The van der Waals surface area contributed by atoms with Crippen LogP contribution in [-0.2, 0) is 10.0 Å². The number of benzene rings is 2. The molecule has 1 amide bonds. The molecule has 0 heterocycles. The van der Waals surface area contributed by atoms with Crippen molar-refractivity contribution in [1.82, 2.24) is 10.6 Å². The fourth-order valence-electron chi connectivity index (χ4n) is 2.50. The van der Waals surface area contributed by atoms with E-state index in [4.69, 9.17) is 0 Å². The zero-order valence-corrected chi connectivity index (χ0v) is 17.3. The highest BCUT2D eigenvalue weighted by molar-refractivity contribution is 7.92. The number of halogens is 1. The Morgan fingerprint density at radius 1 is 1.11 bits per heavy atom. The van der Waals surface area contributed by atoms with E-state index in [0.29, 0.717) is 17.8 Å². The third kappa shape index (κ3) is 5.95. The minimum Gasteiger partial charge on any atom is -0.350 e. The molecule has 2 rings (SSSR count). The number of amides is 1. The molecular weight excluding hydrogens is 386 g/mol. The molecule has 0 unspecified atom stereocenters. The Morgan fingerprint density at radius 3 is 2.41 bits per heavy atom. The van der Waals surface area contributed by atoms with Gasteiger partial charge in [0.05, 0.1) is 10.6 Å². The molecule has 2 N–H and O–H groups in total. The highest BCUT2D eigenvalue weighted by Crippen LogP contribution is 2.22. The second kappa shape index (κ2) is 10.3. The summed E-state index contributed by atoms with van der Waals surface area (Å²) in [5.74, 6) is -0.297. The van der Waals surface area contributed by atoms with E-state index in [0.717, 1.165) is 6.54 Å². The predicted octanol–water partition coefficient (Wildman–Crippen LogP) is 2.66. The number of carbonyl (C=O) groups excluding carboxylic acids is 1. The third-order valence-electron chi connectivity index (χ3n) is 4.00. The molecule has 0 saturated heterocycles. The molecule has 0 aromatic heterocycles. The summed E-state index contributed by atoms with van der Waals surface area (Å²) in [5.41, 5.74) is 0.873. The first-order valence-electron chi connectivity index (χ1n) is 8.52. The van der Waals surface area contributed by atoms with Gasteiger partial charge in [-0.25, -0.2) is 8.42 Å². The van der Waals surface area contributed by atoms with E-state index in [1.807, 2.05) is 19.9 Å². The van der Waals surface area contributed by atoms with Crippen molar-refractivity contribution in [3.8, 4) is 0 Å². The van der Waals surface area contributed by atoms with Crippen molar-refractivity contribution in [2.75, 3.05) is 24.4 Å². The summed E-state index contributed by atoms with van der Waals surface area (Å²) in [7, 11) is -2.25. The standard InChI is InChI=1S/C19H25N3O3S.ClH/c1-4-20-15(2)14-21-19(23)16-9-8-12-18(13-16)26(24,25)22(3)17-10-6-5-7-11-17;/h5-13,15,20H,4,14H2,1-3H3,(H,21,23);1H/t15-;/m1./s1. The van der Waals surface area contributed by atoms with Crippen LogP contribution in [0.5, 0.6) is 0 Å². The quantitative estimate of drug-likeness (QED) is 0.700. The predicted molar refractivity (Wildman–Crippen MR) is 111 cm³/mol. The number of nitrogens with one attached hydrogen (secondary N) is 2. The fraction of sp³-hybridized carbons (Fsp3) is 0.316. The first-order valence-corrected chi connectivity index (χ1v) is 9.96. The Bertz CT molecular complexity index is 844. The maximum absolute atomic E-state index is 12.8. The van der Waals surface area contributed by atoms with E-state index in [1.165, 1.54) is 23.5 Å². The molecule has 0 saturated carbocycles. The first kappa shape index (κ1) is 23.0. The van der Waals surface area contributed by atoms with E-state index in [2.05, 4.69) is 10.6 Å². The molecule has 2 aromatic rings. The maximum Gasteiger partial charge on any atom is 0.264 e. The van der Waals surface area contributed by atoms with Gasteiger partial charge >= 0.3 is 0 Å². The maximum atomic E-state index is 12.8. The average molecular weight is 412 g/mol. The van der Waals surface area contributed by atoms with Crippen LogP contribution in [0.1, 0.15) is 24.2 Å². The SMILES string of the molecule is CCN[C@H](C)CNC(=O)c1cccc(S(=O)(=O)N(C)c2ccccc2)c1.Cl. The Labute approximate surface area is 167 Å². The number of carbonyl (C=O) groups is 1. The number of para-hydroxylation sites is 1. The minimum atomic E-state index is -3.75. The smallest absolute Gasteiger partial charge is 0.264 e. The molecule has 0 aliphatic heterocycles. The van der Waals surface area contributed by atoms with Crippen LogP contribution in [0.2, 0.25) is 0 Å². The lowest BCUT2D eigenvalue weighted by Gasteiger charge is -2.20. The van der Waals surface area contributed by atoms with Crippen LogP contribution in [0, 0.1) is 0 Å². The Kier molecular flexibility index (Phi) is 8.75. The second-order valence-corrected chi connectivity index (χ2v) is 7.97. The summed E-state index contributed by atoms with van der Waals surface area (Å²) in [4.78, 5) is 12.4. The van der Waals surface area contributed by atoms with Crippen molar-refractivity contribution in [3.63, 3.8) is 0 Å². The normalized spacial score (nSPS) is 12.0. The Hall–Kier alpha value is -2.09. The van der Waals surface area contributed by atoms with Crippen molar-refractivity contribution < 1.29 is 13.2 Å². The fourth-order valence-corrected chi connectivity index (χ4v) is 3.74. The molecule has 0 spiro atoms. The summed E-state index contributed by atoms with van der Waals surface area (Å²) in [6.07, 6.45) is 0. The van der Waals surface area contributed by atoms with E-state index < -0.39 is 10.0 Å². The van der Waals surface area contributed by atoms with Crippen molar-refractivity contribution in [3.05, 3.63) is 60.2 Å². The minimum absolute atomic E-state index is 0. The number of hydrogen-bond acceptors (Lipinski definition) is 4. The second-order valence-electron chi connectivity index (χ2n) is 6.00. The van der Waals surface area contributed by atoms with Gasteiger partial charge in [0, 0.05) is 25.2 Å².